The smallest absolute Gasteiger partial charge is 0.404 e. The molecule has 134 valence electrons. The summed E-state index contributed by atoms with van der Waals surface area (Å²) in [5.74, 6) is 0.137. The van der Waals surface area contributed by atoms with Gasteiger partial charge >= 0.3 is 7.82 Å². The van der Waals surface area contributed by atoms with Crippen LogP contribution in [0.2, 0.25) is 0 Å². The number of aliphatic hydroxyl groups is 1. The van der Waals surface area contributed by atoms with Crippen molar-refractivity contribution in [2.45, 2.75) is 33.3 Å². The minimum Gasteiger partial charge on any atom is -0.404 e. The quantitative estimate of drug-likeness (QED) is 0.503. The van der Waals surface area contributed by atoms with E-state index in [-0.39, 0.29) is 12.4 Å². The molecule has 2 aromatic carbocycles. The zero-order valence-electron chi connectivity index (χ0n) is 14.3. The monoisotopic (exact) mass is 362 g/mol. The molecule has 0 aliphatic rings. The van der Waals surface area contributed by atoms with Crippen molar-refractivity contribution in [2.24, 2.45) is 0 Å². The number of phosphoric acid groups is 1. The highest BCUT2D eigenvalue weighted by Gasteiger charge is 2.16. The summed E-state index contributed by atoms with van der Waals surface area (Å²) < 4.78 is 15.5. The molecule has 0 bridgehead atoms. The molecule has 5 nitrogen and oxygen atoms in total. The van der Waals surface area contributed by atoms with Gasteiger partial charge in [0.15, 0.2) is 0 Å². The topological polar surface area (TPSA) is 87.0 Å². The fourth-order valence-corrected chi connectivity index (χ4v) is 3.25. The van der Waals surface area contributed by atoms with Crippen LogP contribution in [0.3, 0.4) is 0 Å². The minimum atomic E-state index is -4.55. The number of aliphatic hydroxyl groups excluding tert-OH is 1. The van der Waals surface area contributed by atoms with Gasteiger partial charge in [0.2, 0.25) is 0 Å². The van der Waals surface area contributed by atoms with Crippen molar-refractivity contribution in [1.29, 1.82) is 0 Å². The Bertz CT molecular complexity index is 772. The molecule has 0 heterocycles. The van der Waals surface area contributed by atoms with Gasteiger partial charge in [-0.25, -0.2) is 4.57 Å². The van der Waals surface area contributed by atoms with Gasteiger partial charge in [0.1, 0.15) is 5.75 Å². The van der Waals surface area contributed by atoms with E-state index in [4.69, 9.17) is 9.79 Å². The van der Waals surface area contributed by atoms with Crippen LogP contribution < -0.4 is 4.52 Å². The second-order valence-electron chi connectivity index (χ2n) is 5.63. The van der Waals surface area contributed by atoms with E-state index in [1.54, 1.807) is 12.1 Å². The lowest BCUT2D eigenvalue weighted by molar-refractivity contribution is 0.281. The second kappa shape index (κ2) is 8.45. The molecule has 0 radical (unpaired) electrons. The fraction of sp³-hybridized carbons (Fsp3) is 0.263. The summed E-state index contributed by atoms with van der Waals surface area (Å²) in [6.45, 7) is 4.19. The van der Waals surface area contributed by atoms with E-state index >= 15 is 0 Å². The molecule has 0 saturated heterocycles. The number of hydrogen-bond acceptors (Lipinski definition) is 3. The van der Waals surface area contributed by atoms with Gasteiger partial charge in [0.25, 0.3) is 0 Å². The average molecular weight is 362 g/mol. The van der Waals surface area contributed by atoms with Crippen LogP contribution in [-0.2, 0) is 11.2 Å². The van der Waals surface area contributed by atoms with E-state index in [9.17, 15) is 9.67 Å². The Morgan fingerprint density at radius 1 is 0.880 bits per heavy atom. The van der Waals surface area contributed by atoms with Crippen LogP contribution in [0.4, 0.5) is 0 Å². The molecule has 0 unspecified atom stereocenters. The van der Waals surface area contributed by atoms with Crippen LogP contribution in [0.25, 0.3) is 11.1 Å². The molecule has 0 amide bonds. The highest BCUT2D eigenvalue weighted by Crippen LogP contribution is 2.38. The van der Waals surface area contributed by atoms with Crippen LogP contribution in [-0.4, -0.2) is 14.9 Å². The van der Waals surface area contributed by atoms with E-state index in [1.807, 2.05) is 36.4 Å². The van der Waals surface area contributed by atoms with Crippen molar-refractivity contribution in [3.63, 3.8) is 0 Å². The lowest BCUT2D eigenvalue weighted by Gasteiger charge is -2.15. The molecular formula is C19H23O5P. The predicted molar refractivity (Wildman–Crippen MR) is 98.9 cm³/mol. The molecule has 0 aliphatic heterocycles. The first-order valence-electron chi connectivity index (χ1n) is 8.15. The normalized spacial score (nSPS) is 12.7. The van der Waals surface area contributed by atoms with E-state index < -0.39 is 7.82 Å². The molecule has 0 spiro atoms. The molecule has 0 fully saturated rings. The second-order valence-corrected chi connectivity index (χ2v) is 6.79. The third-order valence-corrected chi connectivity index (χ3v) is 4.43. The maximum Gasteiger partial charge on any atom is 0.524 e. The molecule has 0 aromatic heterocycles. The minimum absolute atomic E-state index is 0.0210. The van der Waals surface area contributed by atoms with Crippen LogP contribution in [0.5, 0.6) is 5.75 Å². The molecule has 2 aromatic rings. The standard InChI is InChI=1S/C19H23O5P/c1-3-18(15-7-5-14(13-20)6-8-15)19(4-2)16-9-11-17(12-10-16)24-25(21,22)23/h5-12,20H,3-4,13H2,1-2H3,(H2,21,22,23)/b19-18+. The molecule has 3 N–H and O–H groups in total. The number of rotatable bonds is 7. The van der Waals surface area contributed by atoms with Gasteiger partial charge < -0.3 is 9.63 Å². The number of phosphoric ester groups is 1. The summed E-state index contributed by atoms with van der Waals surface area (Å²) in [4.78, 5) is 17.8. The van der Waals surface area contributed by atoms with Crippen LogP contribution >= 0.6 is 7.82 Å². The molecule has 0 atom stereocenters. The lowest BCUT2D eigenvalue weighted by atomic mass is 9.91. The number of benzene rings is 2. The summed E-state index contributed by atoms with van der Waals surface area (Å²) in [5.41, 5.74) is 5.34. The third kappa shape index (κ3) is 5.28. The van der Waals surface area contributed by atoms with Crippen LogP contribution in [0.1, 0.15) is 43.4 Å². The van der Waals surface area contributed by atoms with Crippen molar-refractivity contribution in [3.05, 3.63) is 65.2 Å². The first-order chi connectivity index (χ1) is 11.9. The Balaban J connectivity index is 2.40. The molecule has 0 aliphatic carbocycles. The van der Waals surface area contributed by atoms with Crippen molar-refractivity contribution in [3.8, 4) is 5.75 Å². The largest absolute Gasteiger partial charge is 0.524 e. The SMILES string of the molecule is CC/C(=C(/CC)c1ccc(OP(=O)(O)O)cc1)c1ccc(CO)cc1. The summed E-state index contributed by atoms with van der Waals surface area (Å²) in [6, 6.07) is 14.6. The highest BCUT2D eigenvalue weighted by molar-refractivity contribution is 7.46. The number of hydrogen-bond donors (Lipinski definition) is 3. The van der Waals surface area contributed by atoms with E-state index in [0.29, 0.717) is 0 Å². The van der Waals surface area contributed by atoms with Gasteiger partial charge in [-0.15, -0.1) is 0 Å². The van der Waals surface area contributed by atoms with Gasteiger partial charge in [-0.1, -0.05) is 50.2 Å². The van der Waals surface area contributed by atoms with Crippen molar-refractivity contribution in [2.75, 3.05) is 0 Å². The zero-order chi connectivity index (χ0) is 18.4. The Morgan fingerprint density at radius 3 is 1.68 bits per heavy atom. The number of allylic oxidation sites excluding steroid dienone is 2. The Morgan fingerprint density at radius 2 is 1.32 bits per heavy atom. The van der Waals surface area contributed by atoms with Crippen LogP contribution in [0, 0.1) is 0 Å². The molecular weight excluding hydrogens is 339 g/mol. The summed E-state index contributed by atoms with van der Waals surface area (Å²) in [6.07, 6.45) is 1.67. The van der Waals surface area contributed by atoms with Gasteiger partial charge in [-0.2, -0.15) is 0 Å². The maximum absolute atomic E-state index is 10.9. The van der Waals surface area contributed by atoms with Crippen molar-refractivity contribution < 1.29 is 24.0 Å². The fourth-order valence-electron chi connectivity index (χ4n) is 2.85. The Hall–Kier alpha value is -1.91. The van der Waals surface area contributed by atoms with Gasteiger partial charge in [-0.05, 0) is 52.8 Å². The summed E-state index contributed by atoms with van der Waals surface area (Å²) >= 11 is 0. The van der Waals surface area contributed by atoms with Crippen LogP contribution in [0.15, 0.2) is 48.5 Å². The zero-order valence-corrected chi connectivity index (χ0v) is 15.2. The first-order valence-corrected chi connectivity index (χ1v) is 9.68. The maximum atomic E-state index is 10.9. The third-order valence-electron chi connectivity index (χ3n) is 3.98. The molecule has 0 saturated carbocycles. The molecule has 6 heteroatoms. The van der Waals surface area contributed by atoms with Gasteiger partial charge in [0, 0.05) is 0 Å². The Labute approximate surface area is 147 Å². The molecule has 25 heavy (non-hydrogen) atoms. The van der Waals surface area contributed by atoms with E-state index in [1.165, 1.54) is 11.1 Å². The van der Waals surface area contributed by atoms with Crippen molar-refractivity contribution in [1.82, 2.24) is 0 Å². The predicted octanol–water partition coefficient (Wildman–Crippen LogP) is 4.38. The average Bonchev–Trinajstić information content (AvgIpc) is 2.59. The summed E-state index contributed by atoms with van der Waals surface area (Å²) in [5, 5.41) is 9.18. The van der Waals surface area contributed by atoms with E-state index in [0.717, 1.165) is 29.5 Å². The van der Waals surface area contributed by atoms with Gasteiger partial charge in [-0.3, -0.25) is 9.79 Å². The van der Waals surface area contributed by atoms with E-state index in [2.05, 4.69) is 18.4 Å². The van der Waals surface area contributed by atoms with Gasteiger partial charge in [0.05, 0.1) is 6.61 Å². The highest BCUT2D eigenvalue weighted by atomic mass is 31.2. The van der Waals surface area contributed by atoms with Crippen molar-refractivity contribution >= 4 is 19.0 Å². The molecule has 2 rings (SSSR count). The lowest BCUT2D eigenvalue weighted by Crippen LogP contribution is -1.94. The Kier molecular flexibility index (Phi) is 6.57. The first kappa shape index (κ1) is 19.4. The summed E-state index contributed by atoms with van der Waals surface area (Å²) in [7, 11) is -4.55.